The normalized spacial score (nSPS) is 11.0. The molecule has 1 aromatic rings. The molecule has 2 amide bonds. The number of aryl methyl sites for hydroxylation is 1. The van der Waals surface area contributed by atoms with Gasteiger partial charge in [0.25, 0.3) is 5.69 Å². The molecule has 0 spiro atoms. The number of hydrogen-bond acceptors (Lipinski definition) is 4. The van der Waals surface area contributed by atoms with Crippen molar-refractivity contribution in [2.45, 2.75) is 13.2 Å². The molecule has 7 nitrogen and oxygen atoms in total. The van der Waals surface area contributed by atoms with Gasteiger partial charge in [-0.15, -0.1) is 0 Å². The summed E-state index contributed by atoms with van der Waals surface area (Å²) in [5.41, 5.74) is -0.549. The number of carbonyl (C=O) groups excluding carboxylic acids is 1. The highest BCUT2D eigenvalue weighted by Gasteiger charge is 2.33. The third-order valence-corrected chi connectivity index (χ3v) is 2.06. The Kier molecular flexibility index (Phi) is 3.95. The van der Waals surface area contributed by atoms with Crippen LogP contribution in [0.2, 0.25) is 0 Å². The molecule has 0 aromatic heterocycles. The van der Waals surface area contributed by atoms with Crippen LogP contribution in [0, 0.1) is 17.0 Å². The van der Waals surface area contributed by atoms with E-state index in [9.17, 15) is 33.3 Å². The van der Waals surface area contributed by atoms with Crippen LogP contribution in [0.25, 0.3) is 0 Å². The largest absolute Gasteiger partial charge is 0.486 e. The summed E-state index contributed by atoms with van der Waals surface area (Å²) >= 11 is 0. The molecule has 0 aliphatic heterocycles. The molecule has 104 valence electrons. The molecule has 2 N–H and O–H groups in total. The number of nitrogens with zero attached hydrogens (tertiary/aromatic N) is 2. The van der Waals surface area contributed by atoms with Gasteiger partial charge in [0.05, 0.1) is 10.6 Å². The summed E-state index contributed by atoms with van der Waals surface area (Å²) in [5.74, 6) is 0. The highest BCUT2D eigenvalue weighted by atomic mass is 19.4. The van der Waals surface area contributed by atoms with Crippen molar-refractivity contribution in [3.63, 3.8) is 0 Å². The van der Waals surface area contributed by atoms with E-state index in [4.69, 9.17) is 0 Å². The number of nitrogens with one attached hydrogen (secondary N) is 1. The number of benzene rings is 1. The molecule has 0 heterocycles. The minimum atomic E-state index is -4.99. The van der Waals surface area contributed by atoms with Gasteiger partial charge >= 0.3 is 12.3 Å². The van der Waals surface area contributed by atoms with Crippen LogP contribution in [-0.4, -0.2) is 22.5 Å². The standard InChI is InChI=1S/C9H8F3N3O4/c1-5-4-6(15(18)19)2-3-7(5)14(17)8(16)13-9(10,11)12/h2-4,17H,1H3,(H,13,16). The zero-order chi connectivity index (χ0) is 14.8. The lowest BCUT2D eigenvalue weighted by molar-refractivity contribution is -0.384. The molecule has 0 unspecified atom stereocenters. The Hall–Kier alpha value is -2.36. The number of halogens is 3. The van der Waals surface area contributed by atoms with Crippen LogP contribution in [0.5, 0.6) is 0 Å². The number of hydrogen-bond donors (Lipinski definition) is 2. The van der Waals surface area contributed by atoms with Crippen LogP contribution in [0.3, 0.4) is 0 Å². The lowest BCUT2D eigenvalue weighted by atomic mass is 10.2. The van der Waals surface area contributed by atoms with Gasteiger partial charge in [0.2, 0.25) is 0 Å². The second kappa shape index (κ2) is 5.10. The van der Waals surface area contributed by atoms with Crippen molar-refractivity contribution in [3.8, 4) is 0 Å². The Morgan fingerprint density at radius 1 is 1.47 bits per heavy atom. The smallest absolute Gasteiger partial charge is 0.280 e. The summed E-state index contributed by atoms with van der Waals surface area (Å²) in [5, 5.41) is 20.1. The molecule has 0 atom stereocenters. The predicted molar refractivity (Wildman–Crippen MR) is 56.7 cm³/mol. The van der Waals surface area contributed by atoms with Crippen molar-refractivity contribution >= 4 is 17.4 Å². The molecular weight excluding hydrogens is 271 g/mol. The van der Waals surface area contributed by atoms with E-state index in [0.29, 0.717) is 5.32 Å². The van der Waals surface area contributed by atoms with Crippen LogP contribution >= 0.6 is 0 Å². The van der Waals surface area contributed by atoms with Crippen molar-refractivity contribution in [1.29, 1.82) is 0 Å². The summed E-state index contributed by atoms with van der Waals surface area (Å²) in [6.45, 7) is 1.30. The fourth-order valence-electron chi connectivity index (χ4n) is 1.27. The number of alkyl halides is 3. The summed E-state index contributed by atoms with van der Waals surface area (Å²) < 4.78 is 35.7. The minimum absolute atomic E-state index is 0.0639. The van der Waals surface area contributed by atoms with Crippen molar-refractivity contribution in [1.82, 2.24) is 5.32 Å². The first kappa shape index (κ1) is 14.7. The van der Waals surface area contributed by atoms with E-state index in [1.54, 1.807) is 0 Å². The number of nitro groups is 1. The maximum atomic E-state index is 11.9. The summed E-state index contributed by atoms with van der Waals surface area (Å²) in [6, 6.07) is 1.11. The highest BCUT2D eigenvalue weighted by molar-refractivity contribution is 5.90. The lowest BCUT2D eigenvalue weighted by Crippen LogP contribution is -2.45. The number of non-ortho nitro benzene ring substituents is 1. The fraction of sp³-hybridized carbons (Fsp3) is 0.222. The second-order valence-electron chi connectivity index (χ2n) is 3.47. The Morgan fingerprint density at radius 2 is 2.05 bits per heavy atom. The van der Waals surface area contributed by atoms with E-state index in [0.717, 1.165) is 18.2 Å². The second-order valence-corrected chi connectivity index (χ2v) is 3.47. The molecule has 0 fully saturated rings. The maximum Gasteiger partial charge on any atom is 0.486 e. The van der Waals surface area contributed by atoms with Gasteiger partial charge in [0.1, 0.15) is 0 Å². The molecule has 0 saturated carbocycles. The summed E-state index contributed by atoms with van der Waals surface area (Å²) in [7, 11) is 0. The molecule has 19 heavy (non-hydrogen) atoms. The van der Waals surface area contributed by atoms with E-state index in [1.807, 2.05) is 0 Å². The van der Waals surface area contributed by atoms with Gasteiger partial charge in [-0.05, 0) is 18.6 Å². The molecule has 0 aliphatic carbocycles. The molecular formula is C9H8F3N3O4. The average Bonchev–Trinajstić information content (AvgIpc) is 2.25. The van der Waals surface area contributed by atoms with Crippen LogP contribution in [0.4, 0.5) is 29.3 Å². The Balaban J connectivity index is 2.97. The molecule has 1 rings (SSSR count). The van der Waals surface area contributed by atoms with Gasteiger partial charge in [0.15, 0.2) is 0 Å². The van der Waals surface area contributed by atoms with Gasteiger partial charge in [-0.1, -0.05) is 0 Å². The van der Waals surface area contributed by atoms with Gasteiger partial charge in [-0.2, -0.15) is 18.2 Å². The number of urea groups is 1. The number of rotatable bonds is 2. The number of amides is 2. The van der Waals surface area contributed by atoms with E-state index in [-0.39, 0.29) is 22.0 Å². The van der Waals surface area contributed by atoms with E-state index in [1.165, 1.54) is 6.92 Å². The Morgan fingerprint density at radius 3 is 2.47 bits per heavy atom. The predicted octanol–water partition coefficient (Wildman–Crippen LogP) is 2.33. The van der Waals surface area contributed by atoms with Gasteiger partial charge < -0.3 is 0 Å². The zero-order valence-electron chi connectivity index (χ0n) is 9.43. The average molecular weight is 279 g/mol. The lowest BCUT2D eigenvalue weighted by Gasteiger charge is -2.18. The number of nitro benzene ring substituents is 1. The number of hydroxylamine groups is 1. The van der Waals surface area contributed by atoms with Crippen LogP contribution in [0.15, 0.2) is 18.2 Å². The van der Waals surface area contributed by atoms with E-state index >= 15 is 0 Å². The van der Waals surface area contributed by atoms with Gasteiger partial charge in [-0.25, -0.2) is 10.1 Å². The van der Waals surface area contributed by atoms with Crippen molar-refractivity contribution < 1.29 is 28.1 Å². The zero-order valence-corrected chi connectivity index (χ0v) is 9.43. The first-order valence-corrected chi connectivity index (χ1v) is 4.75. The third kappa shape index (κ3) is 3.81. The Bertz CT molecular complexity index is 518. The van der Waals surface area contributed by atoms with Gasteiger partial charge in [0, 0.05) is 12.1 Å². The molecule has 0 bridgehead atoms. The molecule has 0 saturated heterocycles. The van der Waals surface area contributed by atoms with Crippen molar-refractivity contribution in [2.24, 2.45) is 0 Å². The van der Waals surface area contributed by atoms with E-state index in [2.05, 4.69) is 0 Å². The Labute approximate surface area is 104 Å². The quantitative estimate of drug-likeness (QED) is 0.376. The van der Waals surface area contributed by atoms with Crippen LogP contribution in [0.1, 0.15) is 5.56 Å². The molecule has 0 aliphatic rings. The van der Waals surface area contributed by atoms with Crippen LogP contribution < -0.4 is 10.4 Å². The first-order valence-electron chi connectivity index (χ1n) is 4.75. The molecule has 1 aromatic carbocycles. The maximum absolute atomic E-state index is 11.9. The third-order valence-electron chi connectivity index (χ3n) is 2.06. The fourth-order valence-corrected chi connectivity index (χ4v) is 1.27. The number of carbonyl (C=O) groups is 1. The van der Waals surface area contributed by atoms with Crippen LogP contribution in [-0.2, 0) is 0 Å². The topological polar surface area (TPSA) is 95.7 Å². The molecule has 0 radical (unpaired) electrons. The molecule has 10 heteroatoms. The first-order chi connectivity index (χ1) is 8.61. The van der Waals surface area contributed by atoms with E-state index < -0.39 is 17.3 Å². The number of anilines is 1. The summed E-state index contributed by atoms with van der Waals surface area (Å²) in [6.07, 6.45) is -4.99. The highest BCUT2D eigenvalue weighted by Crippen LogP contribution is 2.24. The monoisotopic (exact) mass is 279 g/mol. The SMILES string of the molecule is Cc1cc([N+](=O)[O-])ccc1N(O)C(=O)NC(F)(F)F. The minimum Gasteiger partial charge on any atom is -0.280 e. The summed E-state index contributed by atoms with van der Waals surface area (Å²) in [4.78, 5) is 20.8. The van der Waals surface area contributed by atoms with Gasteiger partial charge in [-0.3, -0.25) is 15.3 Å². The van der Waals surface area contributed by atoms with Crippen molar-refractivity contribution in [2.75, 3.05) is 5.06 Å². The van der Waals surface area contributed by atoms with Crippen molar-refractivity contribution in [3.05, 3.63) is 33.9 Å².